The van der Waals surface area contributed by atoms with E-state index in [0.29, 0.717) is 11.3 Å². The molecule has 42 nitrogen and oxygen atoms in total. The fraction of sp³-hybridized carbons (Fsp3) is 0.677. The molecule has 0 fully saturated rings. The summed E-state index contributed by atoms with van der Waals surface area (Å²) in [5, 5.41) is 37.8. The average molecular weight is 1520 g/mol. The minimum absolute atomic E-state index is 0.0379. The lowest BCUT2D eigenvalue weighted by Gasteiger charge is -2.34. The molecule has 0 aliphatic carbocycles. The van der Waals surface area contributed by atoms with Gasteiger partial charge in [-0.3, -0.25) is 96.0 Å². The summed E-state index contributed by atoms with van der Waals surface area (Å²) in [7, 11) is 0. The maximum atomic E-state index is 14.3. The molecule has 0 aromatic rings. The van der Waals surface area contributed by atoms with Crippen LogP contribution < -0.4 is 77.4 Å². The number of carbonyl (C=O) groups excluding carboxylic acids is 19. The van der Waals surface area contributed by atoms with Crippen LogP contribution in [-0.4, -0.2) is 292 Å². The summed E-state index contributed by atoms with van der Waals surface area (Å²) in [6, 6.07) is -9.23. The summed E-state index contributed by atoms with van der Waals surface area (Å²) in [6.45, 7) is 2.85. The van der Waals surface area contributed by atoms with Gasteiger partial charge in [0.05, 0.1) is 6.61 Å². The molecule has 20 amide bonds. The third-order valence-electron chi connectivity index (χ3n) is 15.8. The number of nitrogens with two attached hydrogens (primary N) is 7. The smallest absolute Gasteiger partial charge is 0.408 e. The second kappa shape index (κ2) is 50.0. The Hall–Kier alpha value is -10.5. The van der Waals surface area contributed by atoms with Crippen molar-refractivity contribution < 1.29 is 106 Å². The summed E-state index contributed by atoms with van der Waals surface area (Å²) >= 11 is 4.10. The van der Waals surface area contributed by atoms with Crippen molar-refractivity contribution in [3.05, 3.63) is 0 Å². The van der Waals surface area contributed by atoms with Gasteiger partial charge in [-0.05, 0) is 44.9 Å². The second-order valence-corrected chi connectivity index (χ2v) is 24.9. The monoisotopic (exact) mass is 1510 g/mol. The lowest BCUT2D eigenvalue weighted by Crippen LogP contribution is -2.57. The highest BCUT2D eigenvalue weighted by Crippen LogP contribution is 2.18. The Morgan fingerprint density at radius 1 is 0.371 bits per heavy atom. The molecule has 0 spiro atoms. The standard InChI is InChI=1S/C62H106N20O22S/c1-7-22-78(53(94)31-48(68)89)38(9-12-43(63)84)56(97)75-20-26-81(61(102)36(5)8-2)40(11-14-45(65)86)58(99)73-17-23-77(52(93)30-47(67)88)37(6)55(96)72-18-24-79(54(95)32-49(69)90)39(10-13-44(64)85)57(98)74-19-25-80(51(92)28-35(3)4)41(33-83)59(100)76-21-27-82(62(103)104)42(34-105)60(101)71-16-15-70-50(91)29-46(66)87/h35-42,83,105H,7-34H2,1-6H3,(H2,63,84)(H2,64,85)(H2,65,86)(H2,66,87)(H2,67,88)(H2,68,89)(H2,69,90)(H,70,91)(H,71,101)(H,72,96)(H,73,99)(H,74,98)(H,75,97)(H,76,100)(H,103,104)/t36?,37-,38-,39-,40-,41-,42-/m0/s1. The van der Waals surface area contributed by atoms with E-state index in [9.17, 15) is 106 Å². The van der Waals surface area contributed by atoms with Crippen LogP contribution in [0.4, 0.5) is 4.79 Å². The summed E-state index contributed by atoms with van der Waals surface area (Å²) in [6.07, 6.45) is -7.21. The zero-order valence-corrected chi connectivity index (χ0v) is 61.0. The van der Waals surface area contributed by atoms with Crippen molar-refractivity contribution in [2.75, 3.05) is 97.4 Å². The fourth-order valence-electron chi connectivity index (χ4n) is 10.4. The van der Waals surface area contributed by atoms with Crippen LogP contribution in [0, 0.1) is 11.8 Å². The predicted octanol–water partition coefficient (Wildman–Crippen LogP) is -9.12. The van der Waals surface area contributed by atoms with Crippen LogP contribution in [0.3, 0.4) is 0 Å². The number of carboxylic acid groups (broad SMARTS) is 1. The lowest BCUT2D eigenvalue weighted by molar-refractivity contribution is -0.145. The molecule has 1 unspecified atom stereocenters. The number of nitrogens with zero attached hydrogens (tertiary/aromatic N) is 6. The normalized spacial score (nSPS) is 12.8. The van der Waals surface area contributed by atoms with Gasteiger partial charge in [0.25, 0.3) is 0 Å². The van der Waals surface area contributed by atoms with Gasteiger partial charge in [-0.1, -0.05) is 34.6 Å². The van der Waals surface area contributed by atoms with Crippen molar-refractivity contribution in [1.29, 1.82) is 0 Å². The molecule has 7 atom stereocenters. The number of aliphatic hydroxyl groups excluding tert-OH is 1. The Labute approximate surface area is 612 Å². The molecule has 0 saturated carbocycles. The molecule has 0 heterocycles. The first-order valence-corrected chi connectivity index (χ1v) is 34.4. The number of amides is 20. The van der Waals surface area contributed by atoms with Crippen molar-refractivity contribution in [2.45, 2.75) is 161 Å². The quantitative estimate of drug-likeness (QED) is 0.0153. The van der Waals surface area contributed by atoms with Gasteiger partial charge >= 0.3 is 6.09 Å². The number of carbonyl (C=O) groups is 20. The average Bonchev–Trinajstić information content (AvgIpc) is 0.890. The van der Waals surface area contributed by atoms with E-state index in [1.165, 1.54) is 6.92 Å². The number of hydrogen-bond acceptors (Lipinski definition) is 22. The first-order valence-electron chi connectivity index (χ1n) is 33.8. The van der Waals surface area contributed by atoms with Crippen molar-refractivity contribution in [1.82, 2.24) is 66.6 Å². The molecule has 105 heavy (non-hydrogen) atoms. The lowest BCUT2D eigenvalue weighted by atomic mass is 10.0. The largest absolute Gasteiger partial charge is 0.465 e. The van der Waals surface area contributed by atoms with E-state index in [2.05, 4.69) is 49.8 Å². The van der Waals surface area contributed by atoms with E-state index in [0.717, 1.165) is 24.5 Å². The molecule has 0 saturated heterocycles. The number of primary amides is 7. The fourth-order valence-corrected chi connectivity index (χ4v) is 10.7. The van der Waals surface area contributed by atoms with Crippen molar-refractivity contribution in [3.63, 3.8) is 0 Å². The highest BCUT2D eigenvalue weighted by Gasteiger charge is 2.38. The van der Waals surface area contributed by atoms with Crippen LogP contribution in [0.2, 0.25) is 0 Å². The maximum absolute atomic E-state index is 14.3. The third kappa shape index (κ3) is 36.5. The van der Waals surface area contributed by atoms with Gasteiger partial charge in [-0.2, -0.15) is 12.6 Å². The first kappa shape index (κ1) is 94.5. The highest BCUT2D eigenvalue weighted by molar-refractivity contribution is 7.80. The zero-order valence-electron chi connectivity index (χ0n) is 60.1. The Bertz CT molecular complexity index is 3070. The van der Waals surface area contributed by atoms with Crippen LogP contribution in [0.15, 0.2) is 0 Å². The molecule has 0 aliphatic heterocycles. The molecule has 0 rings (SSSR count). The molecular weight excluding hydrogens is 1410 g/mol. The van der Waals surface area contributed by atoms with E-state index in [-0.39, 0.29) is 70.0 Å². The molecule has 0 aromatic carbocycles. The number of aliphatic hydroxyl groups is 1. The van der Waals surface area contributed by atoms with Crippen molar-refractivity contribution >= 4 is 131 Å². The van der Waals surface area contributed by atoms with Crippen molar-refractivity contribution in [3.8, 4) is 0 Å². The van der Waals surface area contributed by atoms with Crippen LogP contribution in [0.5, 0.6) is 0 Å². The second-order valence-electron chi connectivity index (χ2n) is 24.6. The maximum Gasteiger partial charge on any atom is 0.408 e. The van der Waals surface area contributed by atoms with Crippen LogP contribution in [0.25, 0.3) is 0 Å². The number of nitrogens with one attached hydrogen (secondary N) is 7. The van der Waals surface area contributed by atoms with Gasteiger partial charge in [0, 0.05) is 122 Å². The summed E-state index contributed by atoms with van der Waals surface area (Å²) < 4.78 is 0. The van der Waals surface area contributed by atoms with Crippen LogP contribution in [-0.2, 0) is 91.1 Å². The number of hydrogen-bond donors (Lipinski definition) is 17. The van der Waals surface area contributed by atoms with Gasteiger partial charge in [0.15, 0.2) is 0 Å². The van der Waals surface area contributed by atoms with Gasteiger partial charge < -0.3 is 112 Å². The molecule has 0 radical (unpaired) electrons. The minimum atomic E-state index is -1.70. The van der Waals surface area contributed by atoms with E-state index < -0.39 is 271 Å². The van der Waals surface area contributed by atoms with Crippen molar-refractivity contribution in [2.24, 2.45) is 52.0 Å². The van der Waals surface area contributed by atoms with E-state index >= 15 is 0 Å². The van der Waals surface area contributed by atoms with E-state index in [1.807, 2.05) is 0 Å². The molecule has 592 valence electrons. The Morgan fingerprint density at radius 2 is 0.695 bits per heavy atom. The Morgan fingerprint density at radius 3 is 1.06 bits per heavy atom. The Kier molecular flexibility index (Phi) is 45.0. The number of rotatable bonds is 55. The van der Waals surface area contributed by atoms with Gasteiger partial charge in [0.2, 0.25) is 112 Å². The Balaban J connectivity index is 6.90. The molecule has 43 heteroatoms. The number of thiol groups is 1. The third-order valence-corrected chi connectivity index (χ3v) is 16.1. The topological polar surface area (TPSA) is 668 Å². The molecular formula is C62H106N20O22S. The summed E-state index contributed by atoms with van der Waals surface area (Å²) in [5.41, 5.74) is 37.3. The first-order chi connectivity index (χ1) is 49.2. The zero-order chi connectivity index (χ0) is 80.4. The van der Waals surface area contributed by atoms with Gasteiger partial charge in [0.1, 0.15) is 61.9 Å². The SMILES string of the molecule is CCCN(C(=O)CC(N)=O)[C@@H](CCC(N)=O)C(=O)NCCN(C(=O)C(C)CC)[C@@H](CCC(N)=O)C(=O)NCCN(C(=O)CC(N)=O)[C@@H](C)C(=O)NCCN(C(=O)CC(N)=O)[C@@H](CCC(N)=O)C(=O)NCCN(C(=O)CC(C)C)[C@@H](CO)C(=O)NCCN(C(=O)O)[C@@H](CS)C(=O)NCCNC(=O)CC(N)=O. The minimum Gasteiger partial charge on any atom is -0.465 e. The molecule has 0 aromatic heterocycles. The molecule has 23 N–H and O–H groups in total. The van der Waals surface area contributed by atoms with E-state index in [4.69, 9.17) is 40.1 Å². The van der Waals surface area contributed by atoms with Crippen LogP contribution >= 0.6 is 12.6 Å². The molecule has 0 bridgehead atoms. The molecule has 0 aliphatic rings. The summed E-state index contributed by atoms with van der Waals surface area (Å²) in [5.74, 6) is -19.0. The summed E-state index contributed by atoms with van der Waals surface area (Å²) in [4.78, 5) is 264. The van der Waals surface area contributed by atoms with E-state index in [1.54, 1.807) is 34.6 Å². The highest BCUT2D eigenvalue weighted by atomic mass is 32.1. The van der Waals surface area contributed by atoms with Crippen LogP contribution in [0.1, 0.15) is 125 Å². The van der Waals surface area contributed by atoms with Gasteiger partial charge in [-0.25, -0.2) is 4.79 Å². The predicted molar refractivity (Wildman–Crippen MR) is 373 cm³/mol. The van der Waals surface area contributed by atoms with Gasteiger partial charge in [-0.15, -0.1) is 0 Å².